The SMILES string of the molecule is NCCCC[C@H](NC(=O)[C@H](CS)NC(=O)[C@@H](N)Cc1cnc[nH]1)C(=O)N[C@H](Cc1ccccc1)C(=O)N[C@@H](Cc1c[nH]c2ccccc12)C(=O)N[C@@H](Cc1c[nH]c2ccccc12)C(N)=O. The van der Waals surface area contributed by atoms with Gasteiger partial charge in [-0.25, -0.2) is 4.98 Å². The lowest BCUT2D eigenvalue weighted by molar-refractivity contribution is -0.135. The van der Waals surface area contributed by atoms with Crippen LogP contribution in [0.2, 0.25) is 0 Å². The third-order valence-electron chi connectivity index (χ3n) is 11.1. The van der Waals surface area contributed by atoms with E-state index in [4.69, 9.17) is 17.2 Å². The Hall–Kier alpha value is -6.96. The van der Waals surface area contributed by atoms with Crippen molar-refractivity contribution in [3.63, 3.8) is 0 Å². The average molecular weight is 905 g/mol. The molecule has 3 aromatic heterocycles. The molecule has 19 heteroatoms. The van der Waals surface area contributed by atoms with Crippen LogP contribution in [-0.4, -0.2) is 104 Å². The van der Waals surface area contributed by atoms with Crippen molar-refractivity contribution < 1.29 is 28.8 Å². The smallest absolute Gasteiger partial charge is 0.244 e. The fraction of sp³-hybridized carbons (Fsp3) is 0.326. The van der Waals surface area contributed by atoms with E-state index >= 15 is 0 Å². The topological polar surface area (TPSA) is 301 Å². The van der Waals surface area contributed by atoms with Crippen LogP contribution in [0.4, 0.5) is 0 Å². The molecule has 18 nitrogen and oxygen atoms in total. The molecule has 0 unspecified atom stereocenters. The van der Waals surface area contributed by atoms with Crippen LogP contribution in [0.3, 0.4) is 0 Å². The predicted molar refractivity (Wildman–Crippen MR) is 250 cm³/mol. The first-order valence-corrected chi connectivity index (χ1v) is 22.1. The van der Waals surface area contributed by atoms with Crippen molar-refractivity contribution in [2.75, 3.05) is 12.3 Å². The summed E-state index contributed by atoms with van der Waals surface area (Å²) < 4.78 is 0. The van der Waals surface area contributed by atoms with Crippen molar-refractivity contribution in [3.8, 4) is 0 Å². The third kappa shape index (κ3) is 13.1. The van der Waals surface area contributed by atoms with Gasteiger partial charge in [0.15, 0.2) is 0 Å². The highest BCUT2D eigenvalue weighted by Gasteiger charge is 2.33. The number of rotatable bonds is 24. The molecule has 342 valence electrons. The molecule has 0 spiro atoms. The minimum absolute atomic E-state index is 0.00626. The Morgan fingerprint density at radius 1 is 0.585 bits per heavy atom. The summed E-state index contributed by atoms with van der Waals surface area (Å²) in [5, 5.41) is 15.5. The van der Waals surface area contributed by atoms with Crippen molar-refractivity contribution in [2.24, 2.45) is 17.2 Å². The summed E-state index contributed by atoms with van der Waals surface area (Å²) in [6.07, 6.45) is 7.89. The summed E-state index contributed by atoms with van der Waals surface area (Å²) in [6, 6.07) is 17.1. The fourth-order valence-electron chi connectivity index (χ4n) is 7.58. The largest absolute Gasteiger partial charge is 0.368 e. The highest BCUT2D eigenvalue weighted by molar-refractivity contribution is 7.80. The van der Waals surface area contributed by atoms with E-state index in [0.717, 1.165) is 27.4 Å². The second-order valence-corrected chi connectivity index (χ2v) is 16.2. The molecule has 0 aliphatic carbocycles. The van der Waals surface area contributed by atoms with E-state index in [9.17, 15) is 28.8 Å². The molecule has 6 rings (SSSR count). The van der Waals surface area contributed by atoms with Crippen LogP contribution < -0.4 is 43.8 Å². The zero-order valence-corrected chi connectivity index (χ0v) is 36.6. The van der Waals surface area contributed by atoms with Crippen molar-refractivity contribution in [3.05, 3.63) is 126 Å². The van der Waals surface area contributed by atoms with Gasteiger partial charge in [0, 0.05) is 77.5 Å². The fourth-order valence-corrected chi connectivity index (χ4v) is 7.84. The quantitative estimate of drug-likeness (QED) is 0.0304. The van der Waals surface area contributed by atoms with Crippen molar-refractivity contribution in [2.45, 2.75) is 81.2 Å². The summed E-state index contributed by atoms with van der Waals surface area (Å²) in [5.41, 5.74) is 22.2. The number of thiol groups is 1. The minimum Gasteiger partial charge on any atom is -0.368 e. The number of carbonyl (C=O) groups excluding carboxylic acids is 6. The Bertz CT molecular complexity index is 2540. The number of benzene rings is 3. The zero-order valence-electron chi connectivity index (χ0n) is 35.7. The number of fused-ring (bicyclic) bond motifs is 2. The standard InChI is InChI=1S/C46H56N12O6S/c47-17-9-8-16-36(54-46(64)40(25-65)58-42(60)33(48)21-30-24-50-26-53-30)43(61)56-38(18-27-10-2-1-3-11-27)44(62)57-39(20-29-23-52-35-15-7-5-13-32(29)35)45(63)55-37(41(49)59)19-28-22-51-34-14-6-4-12-31(28)34/h1-7,10-15,22-24,26,33,36-40,51-52,65H,8-9,16-21,25,47-48H2,(H2,49,59)(H,50,53)(H,54,64)(H,55,63)(H,56,61)(H,57,62)(H,58,60)/t33-,36-,37-,38+,39-,40-/m0/s1. The number of H-pyrrole nitrogens is 3. The number of nitrogens with two attached hydrogens (primary N) is 3. The number of para-hydroxylation sites is 2. The number of imidazole rings is 1. The van der Waals surface area contributed by atoms with Gasteiger partial charge >= 0.3 is 0 Å². The normalized spacial score (nSPS) is 14.1. The van der Waals surface area contributed by atoms with Gasteiger partial charge < -0.3 is 58.7 Å². The molecule has 0 radical (unpaired) electrons. The number of aromatic amines is 3. The van der Waals surface area contributed by atoms with E-state index in [1.807, 2.05) is 54.6 Å². The van der Waals surface area contributed by atoms with E-state index in [0.29, 0.717) is 36.2 Å². The van der Waals surface area contributed by atoms with Gasteiger partial charge in [-0.05, 0) is 54.6 Å². The predicted octanol–water partition coefficient (Wildman–Crippen LogP) is 0.938. The van der Waals surface area contributed by atoms with Gasteiger partial charge in [-0.15, -0.1) is 0 Å². The van der Waals surface area contributed by atoms with E-state index < -0.39 is 71.7 Å². The van der Waals surface area contributed by atoms with Crippen molar-refractivity contribution in [1.82, 2.24) is 46.5 Å². The number of hydrogen-bond acceptors (Lipinski definition) is 10. The van der Waals surface area contributed by atoms with Crippen LogP contribution in [0.1, 0.15) is 41.6 Å². The molecular weight excluding hydrogens is 849 g/mol. The molecular formula is C46H56N12O6S. The first-order valence-electron chi connectivity index (χ1n) is 21.4. The third-order valence-corrected chi connectivity index (χ3v) is 11.5. The molecule has 0 saturated heterocycles. The van der Waals surface area contributed by atoms with Gasteiger partial charge in [-0.2, -0.15) is 12.6 Å². The van der Waals surface area contributed by atoms with Crippen molar-refractivity contribution >= 4 is 69.9 Å². The first-order chi connectivity index (χ1) is 31.4. The maximum atomic E-state index is 14.6. The van der Waals surface area contributed by atoms with Gasteiger partial charge in [-0.1, -0.05) is 66.7 Å². The number of aromatic nitrogens is 4. The first kappa shape index (κ1) is 47.5. The molecule has 65 heavy (non-hydrogen) atoms. The summed E-state index contributed by atoms with van der Waals surface area (Å²) >= 11 is 4.29. The molecule has 6 amide bonds. The molecule has 14 N–H and O–H groups in total. The molecule has 0 aliphatic heterocycles. The summed E-state index contributed by atoms with van der Waals surface area (Å²) in [4.78, 5) is 96.0. The van der Waals surface area contributed by atoms with Gasteiger partial charge in [-0.3, -0.25) is 28.8 Å². The molecule has 0 saturated carbocycles. The van der Waals surface area contributed by atoms with Gasteiger partial charge in [0.2, 0.25) is 35.4 Å². The lowest BCUT2D eigenvalue weighted by atomic mass is 10.00. The lowest BCUT2D eigenvalue weighted by Gasteiger charge is -2.27. The second kappa shape index (κ2) is 23.1. The van der Waals surface area contributed by atoms with Crippen LogP contribution >= 0.6 is 12.6 Å². The Kier molecular flexibility index (Phi) is 16.9. The highest BCUT2D eigenvalue weighted by Crippen LogP contribution is 2.21. The van der Waals surface area contributed by atoms with Crippen molar-refractivity contribution in [1.29, 1.82) is 0 Å². The van der Waals surface area contributed by atoms with Gasteiger partial charge in [0.05, 0.1) is 12.4 Å². The number of hydrogen-bond donors (Lipinski definition) is 12. The number of primary amides is 1. The Labute approximate surface area is 380 Å². The molecule has 0 aliphatic rings. The minimum atomic E-state index is -1.25. The van der Waals surface area contributed by atoms with Gasteiger partial charge in [0.1, 0.15) is 30.2 Å². The molecule has 3 aromatic carbocycles. The maximum Gasteiger partial charge on any atom is 0.244 e. The molecule has 0 bridgehead atoms. The summed E-state index contributed by atoms with van der Waals surface area (Å²) in [6.45, 7) is 0.336. The Morgan fingerprint density at radius 2 is 1.09 bits per heavy atom. The molecule has 6 atom stereocenters. The van der Waals surface area contributed by atoms with Crippen LogP contribution in [0, 0.1) is 0 Å². The van der Waals surface area contributed by atoms with Crippen LogP contribution in [0.15, 0.2) is 104 Å². The number of amides is 6. The number of nitrogens with zero attached hydrogens (tertiary/aromatic N) is 1. The summed E-state index contributed by atoms with van der Waals surface area (Å²) in [7, 11) is 0. The van der Waals surface area contributed by atoms with E-state index in [2.05, 4.69) is 59.1 Å². The number of carbonyl (C=O) groups is 6. The van der Waals surface area contributed by atoms with Crippen LogP contribution in [0.5, 0.6) is 0 Å². The number of unbranched alkanes of at least 4 members (excludes halogenated alkanes) is 1. The molecule has 3 heterocycles. The molecule has 6 aromatic rings. The lowest BCUT2D eigenvalue weighted by Crippen LogP contribution is -2.60. The van der Waals surface area contributed by atoms with Crippen LogP contribution in [0.25, 0.3) is 21.8 Å². The van der Waals surface area contributed by atoms with Crippen LogP contribution in [-0.2, 0) is 54.5 Å². The zero-order chi connectivity index (χ0) is 46.3. The second-order valence-electron chi connectivity index (χ2n) is 15.9. The monoisotopic (exact) mass is 904 g/mol. The highest BCUT2D eigenvalue weighted by atomic mass is 32.1. The number of nitrogens with one attached hydrogen (secondary N) is 8. The average Bonchev–Trinajstić information content (AvgIpc) is 4.08. The van der Waals surface area contributed by atoms with E-state index in [-0.39, 0.29) is 37.9 Å². The van der Waals surface area contributed by atoms with E-state index in [1.165, 1.54) is 12.5 Å². The summed E-state index contributed by atoms with van der Waals surface area (Å²) in [5.74, 6) is -4.23. The van der Waals surface area contributed by atoms with Gasteiger partial charge in [0.25, 0.3) is 0 Å². The molecule has 0 fully saturated rings. The Balaban J connectivity index is 1.23. The maximum absolute atomic E-state index is 14.6. The van der Waals surface area contributed by atoms with E-state index in [1.54, 1.807) is 36.7 Å². The Morgan fingerprint density at radius 3 is 1.66 bits per heavy atom.